The van der Waals surface area contributed by atoms with Crippen molar-refractivity contribution >= 4 is 21.7 Å². The first-order chi connectivity index (χ1) is 14.4. The zero-order valence-corrected chi connectivity index (χ0v) is 18.1. The van der Waals surface area contributed by atoms with E-state index < -0.39 is 10.0 Å². The Morgan fingerprint density at radius 3 is 2.37 bits per heavy atom. The number of nitrogens with one attached hydrogen (secondary N) is 2. The van der Waals surface area contributed by atoms with Crippen LogP contribution in [-0.4, -0.2) is 41.4 Å². The van der Waals surface area contributed by atoms with E-state index in [0.29, 0.717) is 31.4 Å². The molecule has 0 aliphatic heterocycles. The number of carbonyl (C=O) groups excluding carboxylic acids is 1. The summed E-state index contributed by atoms with van der Waals surface area (Å²) in [4.78, 5) is 11.9. The van der Waals surface area contributed by atoms with Crippen LogP contribution in [-0.2, 0) is 24.3 Å². The Morgan fingerprint density at radius 2 is 1.73 bits per heavy atom. The minimum Gasteiger partial charge on any atom is -0.469 e. The van der Waals surface area contributed by atoms with Gasteiger partial charge in [0.2, 0.25) is 10.0 Å². The normalized spacial score (nSPS) is 19.3. The average Bonchev–Trinajstić information content (AvgIpc) is 2.77. The zero-order valence-electron chi connectivity index (χ0n) is 17.3. The molecule has 0 saturated heterocycles. The Balaban J connectivity index is 1.78. The highest BCUT2D eigenvalue weighted by Gasteiger charge is 2.29. The summed E-state index contributed by atoms with van der Waals surface area (Å²) in [6, 6.07) is 14.6. The molecule has 30 heavy (non-hydrogen) atoms. The first-order valence-corrected chi connectivity index (χ1v) is 11.5. The van der Waals surface area contributed by atoms with Crippen LogP contribution < -0.4 is 10.0 Å². The van der Waals surface area contributed by atoms with Gasteiger partial charge < -0.3 is 14.8 Å². The standard InChI is InChI=1S/C22H28N2O5S/c1-28-15-23-21-14-19(12-13-20(21)16-6-4-3-5-7-16)30(26,27)24-18-10-8-17(9-11-18)22(25)29-2/h3-7,12-14,17-18,23-24H,8-11,15H2,1-2H3. The SMILES string of the molecule is COCNc1cc(S(=O)(=O)NC2CCC(C(=O)OC)CC2)ccc1-c1ccccc1. The van der Waals surface area contributed by atoms with E-state index in [1.165, 1.54) is 7.11 Å². The Labute approximate surface area is 177 Å². The maximum absolute atomic E-state index is 13.0. The number of rotatable bonds is 8. The number of esters is 1. The fraction of sp³-hybridized carbons (Fsp3) is 0.409. The molecule has 0 radical (unpaired) electrons. The number of hydrogen-bond acceptors (Lipinski definition) is 6. The van der Waals surface area contributed by atoms with Gasteiger partial charge in [0.15, 0.2) is 0 Å². The molecule has 0 bridgehead atoms. The Hall–Kier alpha value is -2.42. The molecule has 0 amide bonds. The third-order valence-corrected chi connectivity index (χ3v) is 6.89. The second-order valence-electron chi connectivity index (χ2n) is 7.38. The van der Waals surface area contributed by atoms with Gasteiger partial charge in [-0.05, 0) is 43.4 Å². The molecule has 0 atom stereocenters. The largest absolute Gasteiger partial charge is 0.469 e. The molecular weight excluding hydrogens is 404 g/mol. The minimum atomic E-state index is -3.70. The number of sulfonamides is 1. The predicted octanol–water partition coefficient (Wildman–Crippen LogP) is 3.38. The number of anilines is 1. The van der Waals surface area contributed by atoms with E-state index in [1.54, 1.807) is 25.3 Å². The maximum Gasteiger partial charge on any atom is 0.308 e. The van der Waals surface area contributed by atoms with Gasteiger partial charge in [0.25, 0.3) is 0 Å². The van der Waals surface area contributed by atoms with Crippen LogP contribution in [0.5, 0.6) is 0 Å². The van der Waals surface area contributed by atoms with Crippen LogP contribution in [0.25, 0.3) is 11.1 Å². The molecule has 2 aromatic carbocycles. The van der Waals surface area contributed by atoms with Crippen LogP contribution in [0.1, 0.15) is 25.7 Å². The van der Waals surface area contributed by atoms with Gasteiger partial charge in [0.1, 0.15) is 6.73 Å². The summed E-state index contributed by atoms with van der Waals surface area (Å²) in [6.07, 6.45) is 2.45. The lowest BCUT2D eigenvalue weighted by atomic mass is 9.86. The van der Waals surface area contributed by atoms with Gasteiger partial charge in [-0.2, -0.15) is 0 Å². The van der Waals surface area contributed by atoms with Crippen LogP contribution in [0.4, 0.5) is 5.69 Å². The molecular formula is C22H28N2O5S. The number of methoxy groups -OCH3 is 2. The van der Waals surface area contributed by atoms with Gasteiger partial charge >= 0.3 is 5.97 Å². The minimum absolute atomic E-state index is 0.147. The number of carbonyl (C=O) groups is 1. The molecule has 162 valence electrons. The number of hydrogen-bond donors (Lipinski definition) is 2. The predicted molar refractivity (Wildman–Crippen MR) is 115 cm³/mol. The number of benzene rings is 2. The summed E-state index contributed by atoms with van der Waals surface area (Å²) in [7, 11) is -0.745. The monoisotopic (exact) mass is 432 g/mol. The van der Waals surface area contributed by atoms with Crippen LogP contribution >= 0.6 is 0 Å². The van der Waals surface area contributed by atoms with Crippen molar-refractivity contribution in [2.75, 3.05) is 26.3 Å². The van der Waals surface area contributed by atoms with Crippen molar-refractivity contribution in [2.24, 2.45) is 5.92 Å². The number of ether oxygens (including phenoxy) is 2. The third-order valence-electron chi connectivity index (χ3n) is 5.38. The fourth-order valence-electron chi connectivity index (χ4n) is 3.76. The summed E-state index contributed by atoms with van der Waals surface area (Å²) < 4.78 is 38.7. The molecule has 7 nitrogen and oxygen atoms in total. The van der Waals surface area contributed by atoms with E-state index in [9.17, 15) is 13.2 Å². The van der Waals surface area contributed by atoms with Crippen LogP contribution in [0.3, 0.4) is 0 Å². The quantitative estimate of drug-likeness (QED) is 0.491. The lowest BCUT2D eigenvalue weighted by Gasteiger charge is -2.27. The van der Waals surface area contributed by atoms with Crippen molar-refractivity contribution in [3.8, 4) is 11.1 Å². The van der Waals surface area contributed by atoms with Gasteiger partial charge in [-0.15, -0.1) is 0 Å². The Morgan fingerprint density at radius 1 is 1.03 bits per heavy atom. The summed E-state index contributed by atoms with van der Waals surface area (Å²) in [6.45, 7) is 0.258. The molecule has 0 unspecified atom stereocenters. The summed E-state index contributed by atoms with van der Waals surface area (Å²) in [5.41, 5.74) is 2.56. The van der Waals surface area contributed by atoms with Crippen molar-refractivity contribution < 1.29 is 22.7 Å². The van der Waals surface area contributed by atoms with Gasteiger partial charge in [-0.3, -0.25) is 4.79 Å². The molecule has 1 saturated carbocycles. The molecule has 0 spiro atoms. The van der Waals surface area contributed by atoms with Crippen LogP contribution in [0.2, 0.25) is 0 Å². The molecule has 3 rings (SSSR count). The van der Waals surface area contributed by atoms with Gasteiger partial charge in [-0.25, -0.2) is 13.1 Å². The van der Waals surface area contributed by atoms with E-state index >= 15 is 0 Å². The van der Waals surface area contributed by atoms with Crippen LogP contribution in [0, 0.1) is 5.92 Å². The molecule has 0 aromatic heterocycles. The van der Waals surface area contributed by atoms with Crippen molar-refractivity contribution in [3.63, 3.8) is 0 Å². The highest BCUT2D eigenvalue weighted by Crippen LogP contribution is 2.31. The van der Waals surface area contributed by atoms with E-state index in [4.69, 9.17) is 9.47 Å². The third kappa shape index (κ3) is 5.38. The second-order valence-corrected chi connectivity index (χ2v) is 9.09. The Bertz CT molecular complexity index is 955. The molecule has 2 aromatic rings. The summed E-state index contributed by atoms with van der Waals surface area (Å²) in [5, 5.41) is 3.14. The first-order valence-electron chi connectivity index (χ1n) is 9.97. The van der Waals surface area contributed by atoms with Crippen LogP contribution in [0.15, 0.2) is 53.4 Å². The smallest absolute Gasteiger partial charge is 0.308 e. The molecule has 1 aliphatic carbocycles. The molecule has 2 N–H and O–H groups in total. The topological polar surface area (TPSA) is 93.7 Å². The molecule has 1 aliphatic rings. The van der Waals surface area contributed by atoms with E-state index in [-0.39, 0.29) is 29.6 Å². The van der Waals surface area contributed by atoms with Crippen molar-refractivity contribution in [3.05, 3.63) is 48.5 Å². The molecule has 8 heteroatoms. The molecule has 1 fully saturated rings. The zero-order chi connectivity index (χ0) is 21.6. The van der Waals surface area contributed by atoms with Gasteiger partial charge in [0, 0.05) is 24.4 Å². The van der Waals surface area contributed by atoms with E-state index in [1.807, 2.05) is 30.3 Å². The van der Waals surface area contributed by atoms with Crippen molar-refractivity contribution in [1.82, 2.24) is 4.72 Å². The molecule has 0 heterocycles. The van der Waals surface area contributed by atoms with Crippen molar-refractivity contribution in [1.29, 1.82) is 0 Å². The second kappa shape index (κ2) is 10.1. The van der Waals surface area contributed by atoms with Crippen molar-refractivity contribution in [2.45, 2.75) is 36.6 Å². The highest BCUT2D eigenvalue weighted by atomic mass is 32.2. The average molecular weight is 433 g/mol. The van der Waals surface area contributed by atoms with Gasteiger partial charge in [-0.1, -0.05) is 36.4 Å². The Kier molecular flexibility index (Phi) is 7.47. The van der Waals surface area contributed by atoms with E-state index in [0.717, 1.165) is 11.1 Å². The summed E-state index contributed by atoms with van der Waals surface area (Å²) in [5.74, 6) is -0.368. The highest BCUT2D eigenvalue weighted by molar-refractivity contribution is 7.89. The first kappa shape index (κ1) is 22.3. The summed E-state index contributed by atoms with van der Waals surface area (Å²) >= 11 is 0. The fourth-order valence-corrected chi connectivity index (χ4v) is 5.09. The van der Waals surface area contributed by atoms with E-state index in [2.05, 4.69) is 10.0 Å². The lowest BCUT2D eigenvalue weighted by Crippen LogP contribution is -2.38. The maximum atomic E-state index is 13.0. The van der Waals surface area contributed by atoms with Gasteiger partial charge in [0.05, 0.1) is 17.9 Å². The lowest BCUT2D eigenvalue weighted by molar-refractivity contribution is -0.146.